The second-order valence-electron chi connectivity index (χ2n) is 5.03. The van der Waals surface area contributed by atoms with E-state index in [1.165, 1.54) is 11.1 Å². The molecule has 1 N–H and O–H groups in total. The molecule has 0 saturated heterocycles. The third kappa shape index (κ3) is 5.20. The van der Waals surface area contributed by atoms with Gasteiger partial charge >= 0.3 is 0 Å². The van der Waals surface area contributed by atoms with E-state index < -0.39 is 0 Å². The molecule has 1 rings (SSSR count). The van der Waals surface area contributed by atoms with E-state index in [1.807, 2.05) is 13.0 Å². The number of nitrogens with one attached hydrogen (secondary N) is 1. The summed E-state index contributed by atoms with van der Waals surface area (Å²) in [5.41, 5.74) is 2.43. The number of likely N-dealkylation sites (N-methyl/N-ethyl adjacent to an activating group) is 1. The van der Waals surface area contributed by atoms with E-state index in [4.69, 9.17) is 4.42 Å². The summed E-state index contributed by atoms with van der Waals surface area (Å²) < 4.78 is 5.51. The van der Waals surface area contributed by atoms with Gasteiger partial charge in [-0.3, -0.25) is 4.90 Å². The number of hydrogen-bond acceptors (Lipinski definition) is 3. The molecule has 0 bridgehead atoms. The predicted molar refractivity (Wildman–Crippen MR) is 71.8 cm³/mol. The van der Waals surface area contributed by atoms with E-state index in [2.05, 4.69) is 37.7 Å². The highest BCUT2D eigenvalue weighted by atomic mass is 16.3. The smallest absolute Gasteiger partial charge is 0.122 e. The van der Waals surface area contributed by atoms with E-state index in [1.54, 1.807) is 6.26 Å². The molecule has 0 aliphatic carbocycles. The van der Waals surface area contributed by atoms with Gasteiger partial charge in [-0.05, 0) is 20.0 Å². The second-order valence-corrected chi connectivity index (χ2v) is 5.03. The third-order valence-corrected chi connectivity index (χ3v) is 2.49. The fraction of sp³-hybridized carbons (Fsp3) is 0.571. The Labute approximate surface area is 104 Å². The van der Waals surface area contributed by atoms with E-state index in [0.717, 1.165) is 25.4 Å². The molecule has 0 saturated carbocycles. The zero-order valence-electron chi connectivity index (χ0n) is 11.4. The Morgan fingerprint density at radius 1 is 1.53 bits per heavy atom. The zero-order chi connectivity index (χ0) is 12.8. The topological polar surface area (TPSA) is 28.4 Å². The first-order chi connectivity index (χ1) is 7.99. The van der Waals surface area contributed by atoms with Gasteiger partial charge in [0.25, 0.3) is 0 Å². The lowest BCUT2D eigenvalue weighted by atomic mass is 10.2. The summed E-state index contributed by atoms with van der Waals surface area (Å²) in [6.07, 6.45) is 1.77. The van der Waals surface area contributed by atoms with E-state index >= 15 is 0 Å². The second kappa shape index (κ2) is 6.62. The summed E-state index contributed by atoms with van der Waals surface area (Å²) in [4.78, 5) is 2.24. The lowest BCUT2D eigenvalue weighted by Gasteiger charge is -2.16. The van der Waals surface area contributed by atoms with Gasteiger partial charge in [0.1, 0.15) is 5.76 Å². The molecule has 0 unspecified atom stereocenters. The Balaban J connectivity index is 2.53. The summed E-state index contributed by atoms with van der Waals surface area (Å²) in [7, 11) is 2.10. The first-order valence-electron chi connectivity index (χ1n) is 6.10. The number of furan rings is 1. The van der Waals surface area contributed by atoms with E-state index in [9.17, 15) is 0 Å². The van der Waals surface area contributed by atoms with E-state index in [0.29, 0.717) is 6.04 Å². The van der Waals surface area contributed by atoms with Crippen LogP contribution in [0.3, 0.4) is 0 Å². The molecule has 96 valence electrons. The van der Waals surface area contributed by atoms with Crippen LogP contribution in [-0.2, 0) is 13.1 Å². The largest absolute Gasteiger partial charge is 0.468 e. The van der Waals surface area contributed by atoms with Crippen LogP contribution in [0, 0.1) is 0 Å². The van der Waals surface area contributed by atoms with Gasteiger partial charge in [0.05, 0.1) is 12.8 Å². The molecule has 0 atom stereocenters. The molecule has 0 fully saturated rings. The van der Waals surface area contributed by atoms with Gasteiger partial charge in [-0.15, -0.1) is 0 Å². The molecule has 0 spiro atoms. The first-order valence-corrected chi connectivity index (χ1v) is 6.10. The monoisotopic (exact) mass is 236 g/mol. The SMILES string of the molecule is C=C(C)CN(C)Cc1ccoc1CNC(C)C. The van der Waals surface area contributed by atoms with Crippen molar-refractivity contribution in [1.29, 1.82) is 0 Å². The molecule has 0 radical (unpaired) electrons. The highest BCUT2D eigenvalue weighted by Gasteiger charge is 2.09. The van der Waals surface area contributed by atoms with Gasteiger partial charge < -0.3 is 9.73 Å². The number of nitrogens with zero attached hydrogens (tertiary/aromatic N) is 1. The molecular formula is C14H24N2O. The minimum atomic E-state index is 0.473. The molecular weight excluding hydrogens is 212 g/mol. The molecule has 0 amide bonds. The van der Waals surface area contributed by atoms with Crippen LogP contribution in [0.2, 0.25) is 0 Å². The van der Waals surface area contributed by atoms with Crippen LogP contribution in [0.1, 0.15) is 32.1 Å². The highest BCUT2D eigenvalue weighted by molar-refractivity contribution is 5.17. The average Bonchev–Trinajstić information content (AvgIpc) is 2.60. The first kappa shape index (κ1) is 14.0. The van der Waals surface area contributed by atoms with Crippen molar-refractivity contribution in [3.8, 4) is 0 Å². The highest BCUT2D eigenvalue weighted by Crippen LogP contribution is 2.13. The van der Waals surface area contributed by atoms with Crippen LogP contribution in [0.25, 0.3) is 0 Å². The summed E-state index contributed by atoms with van der Waals surface area (Å²) in [6, 6.07) is 2.52. The van der Waals surface area contributed by atoms with Crippen LogP contribution < -0.4 is 5.32 Å². The van der Waals surface area contributed by atoms with Crippen molar-refractivity contribution < 1.29 is 4.42 Å². The molecule has 0 aliphatic rings. The van der Waals surface area contributed by atoms with Crippen LogP contribution in [0.4, 0.5) is 0 Å². The van der Waals surface area contributed by atoms with Crippen LogP contribution in [-0.4, -0.2) is 24.5 Å². The maximum Gasteiger partial charge on any atom is 0.122 e. The molecule has 3 nitrogen and oxygen atoms in total. The number of hydrogen-bond donors (Lipinski definition) is 1. The molecule has 3 heteroatoms. The van der Waals surface area contributed by atoms with Crippen LogP contribution >= 0.6 is 0 Å². The van der Waals surface area contributed by atoms with Crippen molar-refractivity contribution in [2.75, 3.05) is 13.6 Å². The Bertz CT molecular complexity index is 355. The fourth-order valence-electron chi connectivity index (χ4n) is 1.77. The zero-order valence-corrected chi connectivity index (χ0v) is 11.4. The maximum atomic E-state index is 5.51. The molecule has 0 aliphatic heterocycles. The quantitative estimate of drug-likeness (QED) is 0.738. The lowest BCUT2D eigenvalue weighted by Crippen LogP contribution is -2.24. The summed E-state index contributed by atoms with van der Waals surface area (Å²) >= 11 is 0. The van der Waals surface area contributed by atoms with Gasteiger partial charge in [0.2, 0.25) is 0 Å². The maximum absolute atomic E-state index is 5.51. The fourth-order valence-corrected chi connectivity index (χ4v) is 1.77. The molecule has 0 aromatic carbocycles. The standard InChI is InChI=1S/C14H24N2O/c1-11(2)9-16(5)10-13-6-7-17-14(13)8-15-12(3)4/h6-7,12,15H,1,8-10H2,2-5H3. The predicted octanol–water partition coefficient (Wildman–Crippen LogP) is 2.79. The van der Waals surface area contributed by atoms with Crippen molar-refractivity contribution in [3.05, 3.63) is 35.8 Å². The molecule has 1 aromatic rings. The molecule has 1 aromatic heterocycles. The Morgan fingerprint density at radius 2 is 2.24 bits per heavy atom. The minimum Gasteiger partial charge on any atom is -0.468 e. The van der Waals surface area contributed by atoms with Crippen LogP contribution in [0.15, 0.2) is 28.9 Å². The normalized spacial score (nSPS) is 11.4. The molecule has 1 heterocycles. The van der Waals surface area contributed by atoms with E-state index in [-0.39, 0.29) is 0 Å². The Hall–Kier alpha value is -1.06. The van der Waals surface area contributed by atoms with Crippen molar-refractivity contribution in [2.45, 2.75) is 39.9 Å². The molecule has 17 heavy (non-hydrogen) atoms. The van der Waals surface area contributed by atoms with Crippen molar-refractivity contribution in [3.63, 3.8) is 0 Å². The lowest BCUT2D eigenvalue weighted by molar-refractivity contribution is 0.348. The Kier molecular flexibility index (Phi) is 5.45. The van der Waals surface area contributed by atoms with Crippen molar-refractivity contribution in [1.82, 2.24) is 10.2 Å². The third-order valence-electron chi connectivity index (χ3n) is 2.49. The summed E-state index contributed by atoms with van der Waals surface area (Å²) in [5.74, 6) is 1.03. The van der Waals surface area contributed by atoms with Gasteiger partial charge in [0.15, 0.2) is 0 Å². The average molecular weight is 236 g/mol. The summed E-state index contributed by atoms with van der Waals surface area (Å²) in [5, 5.41) is 3.37. The summed E-state index contributed by atoms with van der Waals surface area (Å²) in [6.45, 7) is 12.9. The number of rotatable bonds is 7. The minimum absolute atomic E-state index is 0.473. The Morgan fingerprint density at radius 3 is 2.82 bits per heavy atom. The van der Waals surface area contributed by atoms with Crippen molar-refractivity contribution >= 4 is 0 Å². The van der Waals surface area contributed by atoms with Crippen LogP contribution in [0.5, 0.6) is 0 Å². The van der Waals surface area contributed by atoms with Gasteiger partial charge in [0, 0.05) is 24.7 Å². The van der Waals surface area contributed by atoms with Gasteiger partial charge in [-0.25, -0.2) is 0 Å². The van der Waals surface area contributed by atoms with Gasteiger partial charge in [-0.2, -0.15) is 0 Å². The van der Waals surface area contributed by atoms with Gasteiger partial charge in [-0.1, -0.05) is 26.0 Å². The van der Waals surface area contributed by atoms with Crippen molar-refractivity contribution in [2.24, 2.45) is 0 Å².